The van der Waals surface area contributed by atoms with Crippen molar-refractivity contribution in [2.45, 2.75) is 70.9 Å². The number of nitrogens with one attached hydrogen (secondary N) is 2. The molecular formula is C22H33N3O2. The maximum atomic E-state index is 13.0. The fourth-order valence-electron chi connectivity index (χ4n) is 4.30. The maximum Gasteiger partial charge on any atom is 0.317 e. The highest BCUT2D eigenvalue weighted by Crippen LogP contribution is 2.29. The van der Waals surface area contributed by atoms with Crippen LogP contribution in [0.15, 0.2) is 24.3 Å². The molecule has 2 aliphatic rings. The molecule has 27 heavy (non-hydrogen) atoms. The highest BCUT2D eigenvalue weighted by molar-refractivity contribution is 5.81. The van der Waals surface area contributed by atoms with Gasteiger partial charge in [0.25, 0.3) is 0 Å². The van der Waals surface area contributed by atoms with Crippen molar-refractivity contribution in [2.24, 2.45) is 5.92 Å². The van der Waals surface area contributed by atoms with Gasteiger partial charge in [0.05, 0.1) is 5.92 Å². The zero-order chi connectivity index (χ0) is 19.1. The Bertz CT molecular complexity index is 629. The van der Waals surface area contributed by atoms with E-state index in [0.29, 0.717) is 6.54 Å². The Kier molecular flexibility index (Phi) is 7.13. The lowest BCUT2D eigenvalue weighted by molar-refractivity contribution is -0.127. The lowest BCUT2D eigenvalue weighted by Gasteiger charge is -2.39. The fraction of sp³-hybridized carbons (Fsp3) is 0.636. The average molecular weight is 372 g/mol. The summed E-state index contributed by atoms with van der Waals surface area (Å²) in [6, 6.07) is 8.24. The fourth-order valence-corrected chi connectivity index (χ4v) is 4.30. The number of carbonyl (C=O) groups excluding carboxylic acids is 2. The second kappa shape index (κ2) is 9.77. The van der Waals surface area contributed by atoms with Crippen molar-refractivity contribution in [3.63, 3.8) is 0 Å². The highest BCUT2D eigenvalue weighted by atomic mass is 16.2. The minimum atomic E-state index is -0.0676. The van der Waals surface area contributed by atoms with Gasteiger partial charge >= 0.3 is 6.03 Å². The predicted molar refractivity (Wildman–Crippen MR) is 107 cm³/mol. The molecule has 0 bridgehead atoms. The van der Waals surface area contributed by atoms with Crippen LogP contribution < -0.4 is 10.6 Å². The molecule has 1 heterocycles. The summed E-state index contributed by atoms with van der Waals surface area (Å²) in [5.74, 6) is 0.0694. The van der Waals surface area contributed by atoms with Crippen LogP contribution in [0.4, 0.5) is 4.79 Å². The van der Waals surface area contributed by atoms with Crippen LogP contribution in [0.2, 0.25) is 0 Å². The van der Waals surface area contributed by atoms with Gasteiger partial charge < -0.3 is 15.5 Å². The van der Waals surface area contributed by atoms with E-state index in [1.165, 1.54) is 5.56 Å². The summed E-state index contributed by atoms with van der Waals surface area (Å²) in [4.78, 5) is 27.7. The van der Waals surface area contributed by atoms with Crippen LogP contribution in [-0.2, 0) is 11.3 Å². The molecule has 2 N–H and O–H groups in total. The van der Waals surface area contributed by atoms with Gasteiger partial charge in [-0.2, -0.15) is 0 Å². The van der Waals surface area contributed by atoms with Crippen molar-refractivity contribution in [3.05, 3.63) is 35.4 Å². The van der Waals surface area contributed by atoms with Gasteiger partial charge in [0.1, 0.15) is 0 Å². The van der Waals surface area contributed by atoms with Crippen molar-refractivity contribution in [2.75, 3.05) is 13.1 Å². The average Bonchev–Trinajstić information content (AvgIpc) is 2.72. The summed E-state index contributed by atoms with van der Waals surface area (Å²) in [7, 11) is 0. The quantitative estimate of drug-likeness (QED) is 0.832. The molecule has 148 valence electrons. The number of aryl methyl sites for hydroxylation is 1. The number of hydrogen-bond acceptors (Lipinski definition) is 2. The van der Waals surface area contributed by atoms with Gasteiger partial charge in [-0.1, -0.05) is 55.5 Å². The van der Waals surface area contributed by atoms with Crippen LogP contribution in [0.25, 0.3) is 0 Å². The second-order valence-corrected chi connectivity index (χ2v) is 8.00. The first-order valence-corrected chi connectivity index (χ1v) is 10.5. The van der Waals surface area contributed by atoms with Crippen LogP contribution in [0.1, 0.15) is 62.5 Å². The zero-order valence-corrected chi connectivity index (χ0v) is 16.5. The first-order valence-electron chi connectivity index (χ1n) is 10.5. The molecule has 1 aromatic carbocycles. The first kappa shape index (κ1) is 19.7. The number of nitrogens with zero attached hydrogens (tertiary/aromatic N) is 1. The van der Waals surface area contributed by atoms with Crippen LogP contribution >= 0.6 is 0 Å². The van der Waals surface area contributed by atoms with Gasteiger partial charge in [-0.15, -0.1) is 0 Å². The number of amides is 3. The molecule has 0 unspecified atom stereocenters. The van der Waals surface area contributed by atoms with Crippen molar-refractivity contribution < 1.29 is 9.59 Å². The number of benzene rings is 1. The molecule has 0 radical (unpaired) electrons. The molecule has 3 amide bonds. The summed E-state index contributed by atoms with van der Waals surface area (Å²) in [6.45, 7) is 4.10. The van der Waals surface area contributed by atoms with Crippen LogP contribution in [-0.4, -0.2) is 36.0 Å². The maximum absolute atomic E-state index is 13.0. The molecule has 1 aliphatic heterocycles. The topological polar surface area (TPSA) is 61.4 Å². The Morgan fingerprint density at radius 3 is 2.63 bits per heavy atom. The molecule has 0 spiro atoms. The third kappa shape index (κ3) is 5.47. The SMILES string of the molecule is Cc1ccc(CNC(=O)N2CCCCCCNC(=O)[C@@H]3CCCC[C@@H]32)cc1. The van der Waals surface area contributed by atoms with Crippen molar-refractivity contribution in [3.8, 4) is 0 Å². The minimum Gasteiger partial charge on any atom is -0.356 e. The monoisotopic (exact) mass is 371 g/mol. The Labute approximate surface area is 162 Å². The molecule has 1 aliphatic carbocycles. The van der Waals surface area contributed by atoms with E-state index in [-0.39, 0.29) is 23.9 Å². The van der Waals surface area contributed by atoms with Gasteiger partial charge in [0.2, 0.25) is 5.91 Å². The molecule has 1 saturated carbocycles. The predicted octanol–water partition coefficient (Wildman–Crippen LogP) is 3.76. The van der Waals surface area contributed by atoms with E-state index in [1.54, 1.807) is 0 Å². The Balaban J connectivity index is 1.70. The highest BCUT2D eigenvalue weighted by Gasteiger charge is 2.36. The first-order chi connectivity index (χ1) is 13.1. The summed E-state index contributed by atoms with van der Waals surface area (Å²) < 4.78 is 0. The number of hydrogen-bond donors (Lipinski definition) is 2. The van der Waals surface area contributed by atoms with E-state index >= 15 is 0 Å². The lowest BCUT2D eigenvalue weighted by Crippen LogP contribution is -2.53. The van der Waals surface area contributed by atoms with Crippen molar-refractivity contribution >= 4 is 11.9 Å². The van der Waals surface area contributed by atoms with E-state index in [1.807, 2.05) is 4.90 Å². The van der Waals surface area contributed by atoms with Gasteiger partial charge in [0, 0.05) is 25.7 Å². The number of urea groups is 1. The standard InChI is InChI=1S/C22H33N3O2/c1-17-10-12-18(13-11-17)16-24-22(27)25-15-7-3-2-6-14-23-21(26)19-8-4-5-9-20(19)25/h10-13,19-20H,2-9,14-16H2,1H3,(H,23,26)(H,24,27)/t19-,20+/m1/s1. The summed E-state index contributed by atoms with van der Waals surface area (Å²) >= 11 is 0. The van der Waals surface area contributed by atoms with E-state index in [9.17, 15) is 9.59 Å². The van der Waals surface area contributed by atoms with Gasteiger partial charge in [-0.3, -0.25) is 4.79 Å². The summed E-state index contributed by atoms with van der Waals surface area (Å²) in [6.07, 6.45) is 8.24. The molecule has 2 atom stereocenters. The van der Waals surface area contributed by atoms with E-state index < -0.39 is 0 Å². The van der Waals surface area contributed by atoms with Crippen molar-refractivity contribution in [1.29, 1.82) is 0 Å². The molecule has 5 nitrogen and oxygen atoms in total. The minimum absolute atomic E-state index is 0.0230. The molecule has 3 rings (SSSR count). The number of rotatable bonds is 2. The van der Waals surface area contributed by atoms with E-state index in [4.69, 9.17) is 0 Å². The summed E-state index contributed by atoms with van der Waals surface area (Å²) in [5, 5.41) is 6.20. The second-order valence-electron chi connectivity index (χ2n) is 8.00. The normalized spacial score (nSPS) is 24.3. The van der Waals surface area contributed by atoms with Crippen molar-refractivity contribution in [1.82, 2.24) is 15.5 Å². The zero-order valence-electron chi connectivity index (χ0n) is 16.5. The number of carbonyl (C=O) groups is 2. The third-order valence-electron chi connectivity index (χ3n) is 5.92. The Hall–Kier alpha value is -2.04. The molecule has 5 heteroatoms. The Morgan fingerprint density at radius 1 is 1.07 bits per heavy atom. The number of fused-ring (bicyclic) bond motifs is 1. The molecule has 1 aromatic rings. The largest absolute Gasteiger partial charge is 0.356 e. The molecule has 2 fully saturated rings. The van der Waals surface area contributed by atoms with Gasteiger partial charge in [-0.05, 0) is 38.2 Å². The lowest BCUT2D eigenvalue weighted by atomic mass is 9.82. The van der Waals surface area contributed by atoms with Gasteiger partial charge in [0.15, 0.2) is 0 Å². The van der Waals surface area contributed by atoms with E-state index in [0.717, 1.165) is 70.0 Å². The smallest absolute Gasteiger partial charge is 0.317 e. The summed E-state index contributed by atoms with van der Waals surface area (Å²) in [5.41, 5.74) is 2.32. The van der Waals surface area contributed by atoms with Crippen LogP contribution in [0.5, 0.6) is 0 Å². The Morgan fingerprint density at radius 2 is 1.81 bits per heavy atom. The third-order valence-corrected chi connectivity index (χ3v) is 5.92. The van der Waals surface area contributed by atoms with Crippen LogP contribution in [0, 0.1) is 12.8 Å². The molecule has 1 saturated heterocycles. The van der Waals surface area contributed by atoms with Crippen LogP contribution in [0.3, 0.4) is 0 Å². The molecular weight excluding hydrogens is 338 g/mol. The molecule has 0 aromatic heterocycles. The van der Waals surface area contributed by atoms with E-state index in [2.05, 4.69) is 41.8 Å². The van der Waals surface area contributed by atoms with Gasteiger partial charge in [-0.25, -0.2) is 4.79 Å².